The molecule has 2 nitrogen and oxygen atoms in total. The Hall–Kier alpha value is -0.820. The summed E-state index contributed by atoms with van der Waals surface area (Å²) in [5.74, 6) is -70.4. The van der Waals surface area contributed by atoms with E-state index in [1.54, 1.807) is 0 Å². The Bertz CT molecular complexity index is 832. The van der Waals surface area contributed by atoms with Crippen molar-refractivity contribution in [2.45, 2.75) is 59.6 Å². The Morgan fingerprint density at radius 2 is 0.632 bits per heavy atom. The predicted molar refractivity (Wildman–Crippen MR) is 74.6 cm³/mol. The van der Waals surface area contributed by atoms with E-state index in [-0.39, 0.29) is 38.1 Å². The lowest BCUT2D eigenvalue weighted by Crippen LogP contribution is -3.00. The summed E-state index contributed by atoms with van der Waals surface area (Å²) in [4.78, 5) is 0. The highest BCUT2D eigenvalue weighted by molar-refractivity contribution is 5.17. The topological polar surface area (TPSA) is 20.2 Å². The molecule has 0 bridgehead atoms. The largest absolute Gasteiger partial charge is 1.00 e. The predicted octanol–water partition coefficient (Wildman–Crippen LogP) is 3.30. The van der Waals surface area contributed by atoms with Gasteiger partial charge in [-0.1, -0.05) is 0 Å². The number of rotatable bonds is 11. The van der Waals surface area contributed by atoms with Gasteiger partial charge in [-0.05, 0) is 0 Å². The van der Waals surface area contributed by atoms with Crippen LogP contribution in [0.1, 0.15) is 0 Å². The number of quaternary nitrogens is 1. The number of halogens is 22. The van der Waals surface area contributed by atoms with Gasteiger partial charge in [-0.15, -0.1) is 8.78 Å². The van der Waals surface area contributed by atoms with Gasteiger partial charge in [0.25, 0.3) is 0 Å². The molecule has 1 N–H and O–H groups in total. The van der Waals surface area contributed by atoms with Gasteiger partial charge in [-0.2, -0.15) is 83.4 Å². The molecule has 0 aliphatic rings. The molecule has 0 rings (SSSR count). The summed E-state index contributed by atoms with van der Waals surface area (Å²) >= 11 is 0. The summed E-state index contributed by atoms with van der Waals surface area (Å²) in [6, 6.07) is -6.80. The zero-order valence-corrected chi connectivity index (χ0v) is 19.8. The van der Waals surface area contributed by atoms with Crippen molar-refractivity contribution in [3.8, 4) is 0 Å². The second-order valence-electron chi connectivity index (χ2n) is 7.77. The first-order valence-electron chi connectivity index (χ1n) is 8.47. The van der Waals surface area contributed by atoms with E-state index >= 15 is 0 Å². The highest BCUT2D eigenvalue weighted by atomic mass is 127. The smallest absolute Gasteiger partial charge is 0.461 e. The molecule has 24 heteroatoms. The Labute approximate surface area is 213 Å². The molecule has 0 heterocycles. The van der Waals surface area contributed by atoms with Crippen LogP contribution >= 0.6 is 0 Å². The molecule has 0 aromatic heterocycles. The second kappa shape index (κ2) is 9.92. The molecule has 0 saturated heterocycles. The van der Waals surface area contributed by atoms with Crippen LogP contribution in [0.4, 0.5) is 92.2 Å². The van der Waals surface area contributed by atoms with E-state index < -0.39 is 77.2 Å². The van der Waals surface area contributed by atoms with Crippen LogP contribution in [0.15, 0.2) is 0 Å². The van der Waals surface area contributed by atoms with Crippen molar-refractivity contribution >= 4 is 0 Å². The van der Waals surface area contributed by atoms with E-state index in [0.29, 0.717) is 0 Å². The van der Waals surface area contributed by atoms with Crippen LogP contribution in [0.2, 0.25) is 0 Å². The molecule has 38 heavy (non-hydrogen) atoms. The van der Waals surface area contributed by atoms with E-state index in [1.165, 1.54) is 0 Å². The lowest BCUT2D eigenvalue weighted by molar-refractivity contribution is -0.991. The van der Waals surface area contributed by atoms with Gasteiger partial charge in [0.15, 0.2) is 0 Å². The quantitative estimate of drug-likeness (QED) is 0.150. The van der Waals surface area contributed by atoms with E-state index in [9.17, 15) is 92.2 Å². The average Bonchev–Trinajstić information content (AvgIpc) is 2.65. The normalized spacial score (nSPS) is 16.4. The minimum atomic E-state index is -9.19. The van der Waals surface area contributed by atoms with Crippen LogP contribution in [0.3, 0.4) is 0 Å². The highest BCUT2D eigenvalue weighted by Crippen LogP contribution is 2.66. The molecule has 0 unspecified atom stereocenters. The number of hydrogen-bond acceptors (Lipinski definition) is 1. The maximum Gasteiger partial charge on any atom is 0.461 e. The van der Waals surface area contributed by atoms with Gasteiger partial charge in [0, 0.05) is 0 Å². The number of aliphatic hydroxyl groups is 1. The molecular weight excluding hydrogens is 724 g/mol. The highest BCUT2D eigenvalue weighted by Gasteiger charge is 2.98. The Morgan fingerprint density at radius 3 is 0.842 bits per heavy atom. The molecule has 0 aliphatic heterocycles. The maximum absolute atomic E-state index is 14.0. The number of aliphatic hydroxyl groups excluding tert-OH is 1. The van der Waals surface area contributed by atoms with E-state index in [2.05, 4.69) is 0 Å². The molecule has 0 fully saturated rings. The van der Waals surface area contributed by atoms with Gasteiger partial charge in [-0.25, -0.2) is 0 Å². The molecule has 0 spiro atoms. The summed E-state index contributed by atoms with van der Waals surface area (Å²) in [6.45, 7) is -3.45. The third-order valence-corrected chi connectivity index (χ3v) is 4.91. The molecule has 0 radical (unpaired) electrons. The van der Waals surface area contributed by atoms with Crippen molar-refractivity contribution in [3.63, 3.8) is 0 Å². The van der Waals surface area contributed by atoms with Gasteiger partial charge in [-0.3, -0.25) is 4.48 Å². The third-order valence-electron chi connectivity index (χ3n) is 4.91. The Balaban J connectivity index is 0. The van der Waals surface area contributed by atoms with Crippen LogP contribution in [0, 0.1) is 0 Å². The van der Waals surface area contributed by atoms with Gasteiger partial charge < -0.3 is 29.1 Å². The summed E-state index contributed by atoms with van der Waals surface area (Å²) in [6.07, 6.45) is -8.01. The zero-order chi connectivity index (χ0) is 30.9. The summed E-state index contributed by atoms with van der Waals surface area (Å²) in [5, 5.41) is 8.47. The van der Waals surface area contributed by atoms with Crippen LogP contribution < -0.4 is 24.0 Å². The fourth-order valence-corrected chi connectivity index (χ4v) is 2.32. The van der Waals surface area contributed by atoms with E-state index in [4.69, 9.17) is 5.11 Å². The first-order chi connectivity index (χ1) is 15.6. The first kappa shape index (κ1) is 39.3. The number of alkyl halides is 21. The minimum Gasteiger partial charge on any atom is -1.00 e. The second-order valence-corrected chi connectivity index (χ2v) is 7.77. The standard InChI is InChI=1S/C14H11F21NO.HI/c1-36(2,3-4-37)14(34,35)12(29,30)10(25,26)8(21,22)6(17,18)5(15,16)7(19,20)9(23,24)11(27,28)13(31,32)33;/h37H,3-4H2,1-2H3;1H/q+1;/p-1. The SMILES string of the molecule is C[N+](C)(CCO)C(F)(F)C(F)(F)C(F)(F)C(F)(F)C(F)(F)C(F)(F)C(F)(F)C(F)(F)C(F)(F)C(F)(F)F.[I-]. The van der Waals surface area contributed by atoms with Crippen molar-refractivity contribution in [1.29, 1.82) is 0 Å². The minimum absolute atomic E-state index is 0. The van der Waals surface area contributed by atoms with Crippen molar-refractivity contribution in [1.82, 2.24) is 0 Å². The van der Waals surface area contributed by atoms with Gasteiger partial charge in [0.05, 0.1) is 20.7 Å². The maximum atomic E-state index is 14.0. The molecule has 0 amide bonds. The van der Waals surface area contributed by atoms with Crippen LogP contribution in [-0.4, -0.2) is 96.4 Å². The third kappa shape index (κ3) is 4.73. The molecular formula is C14H11F21INO. The number of likely N-dealkylation sites (N-methyl/N-ethyl adjacent to an activating group) is 1. The number of hydrogen-bond donors (Lipinski definition) is 1. The van der Waals surface area contributed by atoms with Crippen LogP contribution in [0.5, 0.6) is 0 Å². The van der Waals surface area contributed by atoms with Crippen LogP contribution in [-0.2, 0) is 0 Å². The zero-order valence-electron chi connectivity index (χ0n) is 17.6. The van der Waals surface area contributed by atoms with E-state index in [1.807, 2.05) is 0 Å². The molecule has 0 aliphatic carbocycles. The lowest BCUT2D eigenvalue weighted by atomic mass is 9.86. The molecule has 0 saturated carbocycles. The average molecular weight is 735 g/mol. The van der Waals surface area contributed by atoms with Crippen molar-refractivity contribution < 1.29 is 126 Å². The van der Waals surface area contributed by atoms with Gasteiger partial charge >= 0.3 is 59.6 Å². The molecule has 0 atom stereocenters. The van der Waals surface area contributed by atoms with Crippen molar-refractivity contribution in [2.24, 2.45) is 0 Å². The van der Waals surface area contributed by atoms with E-state index in [0.717, 1.165) is 0 Å². The number of nitrogens with zero attached hydrogens (tertiary/aromatic N) is 1. The lowest BCUT2D eigenvalue weighted by Gasteiger charge is -2.46. The van der Waals surface area contributed by atoms with Crippen molar-refractivity contribution in [3.05, 3.63) is 0 Å². The van der Waals surface area contributed by atoms with Gasteiger partial charge in [0.2, 0.25) is 0 Å². The Kier molecular flexibility index (Phi) is 10.3. The molecule has 0 aromatic carbocycles. The summed E-state index contributed by atoms with van der Waals surface area (Å²) < 4.78 is 276. The molecule has 0 aromatic rings. The summed E-state index contributed by atoms with van der Waals surface area (Å²) in [7, 11) is -0.530. The monoisotopic (exact) mass is 735 g/mol. The molecule has 232 valence electrons. The first-order valence-corrected chi connectivity index (χ1v) is 8.47. The van der Waals surface area contributed by atoms with Crippen molar-refractivity contribution in [2.75, 3.05) is 27.2 Å². The fraction of sp³-hybridized carbons (Fsp3) is 1.00. The van der Waals surface area contributed by atoms with Crippen LogP contribution in [0.25, 0.3) is 0 Å². The Morgan fingerprint density at radius 1 is 0.421 bits per heavy atom. The van der Waals surface area contributed by atoms with Gasteiger partial charge in [0.1, 0.15) is 6.54 Å². The fourth-order valence-electron chi connectivity index (χ4n) is 2.32. The summed E-state index contributed by atoms with van der Waals surface area (Å²) in [5.41, 5.74) is 0.